The van der Waals surface area contributed by atoms with Crippen LogP contribution in [0.5, 0.6) is 0 Å². The second kappa shape index (κ2) is 4.71. The van der Waals surface area contributed by atoms with Gasteiger partial charge in [0.1, 0.15) is 5.82 Å². The van der Waals surface area contributed by atoms with Crippen LogP contribution in [0.2, 0.25) is 0 Å². The van der Waals surface area contributed by atoms with Gasteiger partial charge >= 0.3 is 0 Å². The Morgan fingerprint density at radius 3 is 2.88 bits per heavy atom. The van der Waals surface area contributed by atoms with Crippen molar-refractivity contribution in [2.24, 2.45) is 17.4 Å². The minimum Gasteiger partial charge on any atom is -0.368 e. The largest absolute Gasteiger partial charge is 0.368 e. The van der Waals surface area contributed by atoms with Gasteiger partial charge in [-0.25, -0.2) is 4.98 Å². The molecule has 5 heteroatoms. The van der Waals surface area contributed by atoms with E-state index in [1.165, 1.54) is 12.8 Å². The van der Waals surface area contributed by atoms with Gasteiger partial charge in [0.25, 0.3) is 0 Å². The number of aromatic nitrogens is 1. The second-order valence-electron chi connectivity index (χ2n) is 4.63. The minimum absolute atomic E-state index is 0.161. The normalized spacial score (nSPS) is 16.6. The van der Waals surface area contributed by atoms with Crippen molar-refractivity contribution in [2.45, 2.75) is 25.8 Å². The van der Waals surface area contributed by atoms with E-state index in [2.05, 4.69) is 10.3 Å². The number of hydrogen-bond donors (Lipinski definition) is 3. The Kier molecular flexibility index (Phi) is 3.28. The molecule has 5 nitrogen and oxygen atoms in total. The molecule has 1 saturated carbocycles. The zero-order chi connectivity index (χ0) is 12.4. The summed E-state index contributed by atoms with van der Waals surface area (Å²) in [5, 5.41) is 3.16. The number of carbonyl (C=O) groups excluding carboxylic acids is 1. The highest BCUT2D eigenvalue weighted by molar-refractivity contribution is 5.93. The maximum atomic E-state index is 11.1. The first kappa shape index (κ1) is 11.9. The molecule has 92 valence electrons. The number of hydrogen-bond acceptors (Lipinski definition) is 4. The summed E-state index contributed by atoms with van der Waals surface area (Å²) in [5.41, 5.74) is 12.5. The smallest absolute Gasteiger partial charge is 0.248 e. The van der Waals surface area contributed by atoms with Gasteiger partial charge in [-0.05, 0) is 37.8 Å². The van der Waals surface area contributed by atoms with Crippen molar-refractivity contribution in [1.82, 2.24) is 4.98 Å². The molecule has 2 rings (SSSR count). The maximum Gasteiger partial charge on any atom is 0.248 e. The number of nitrogens with two attached hydrogens (primary N) is 2. The Hall–Kier alpha value is -1.62. The lowest BCUT2D eigenvalue weighted by Crippen LogP contribution is -2.31. The first-order chi connectivity index (χ1) is 8.06. The van der Waals surface area contributed by atoms with Gasteiger partial charge in [-0.3, -0.25) is 4.79 Å². The van der Waals surface area contributed by atoms with E-state index in [9.17, 15) is 4.79 Å². The van der Waals surface area contributed by atoms with Crippen LogP contribution in [0, 0.1) is 12.8 Å². The number of nitrogens with one attached hydrogen (secondary N) is 1. The summed E-state index contributed by atoms with van der Waals surface area (Å²) in [4.78, 5) is 15.4. The monoisotopic (exact) mass is 234 g/mol. The number of carbonyl (C=O) groups is 1. The van der Waals surface area contributed by atoms with E-state index in [0.717, 1.165) is 5.69 Å². The number of rotatable bonds is 5. The number of pyridine rings is 1. The Balaban J connectivity index is 2.01. The second-order valence-corrected chi connectivity index (χ2v) is 4.63. The van der Waals surface area contributed by atoms with Crippen LogP contribution in [0.25, 0.3) is 0 Å². The maximum absolute atomic E-state index is 11.1. The number of primary amides is 1. The zero-order valence-corrected chi connectivity index (χ0v) is 9.94. The molecule has 5 N–H and O–H groups in total. The van der Waals surface area contributed by atoms with E-state index in [0.29, 0.717) is 23.8 Å². The molecule has 0 saturated heterocycles. The fourth-order valence-corrected chi connectivity index (χ4v) is 1.81. The van der Waals surface area contributed by atoms with Crippen molar-refractivity contribution >= 4 is 11.7 Å². The Bertz CT molecular complexity index is 429. The number of nitrogens with zero attached hydrogens (tertiary/aromatic N) is 1. The SMILES string of the molecule is Cc1cc(C(N)=O)cc(NCC(N)C2CC2)n1. The first-order valence-electron chi connectivity index (χ1n) is 5.84. The average Bonchev–Trinajstić information content (AvgIpc) is 3.08. The summed E-state index contributed by atoms with van der Waals surface area (Å²) >= 11 is 0. The van der Waals surface area contributed by atoms with Gasteiger partial charge in [-0.1, -0.05) is 0 Å². The van der Waals surface area contributed by atoms with Crippen LogP contribution >= 0.6 is 0 Å². The molecule has 1 heterocycles. The van der Waals surface area contributed by atoms with Crippen LogP contribution in [-0.2, 0) is 0 Å². The fourth-order valence-electron chi connectivity index (χ4n) is 1.81. The molecule has 0 aromatic carbocycles. The van der Waals surface area contributed by atoms with Crippen molar-refractivity contribution in [3.63, 3.8) is 0 Å². The molecule has 17 heavy (non-hydrogen) atoms. The molecule has 1 fully saturated rings. The molecule has 0 bridgehead atoms. The van der Waals surface area contributed by atoms with E-state index in [1.807, 2.05) is 6.92 Å². The summed E-state index contributed by atoms with van der Waals surface area (Å²) in [6, 6.07) is 3.50. The van der Waals surface area contributed by atoms with Gasteiger partial charge in [-0.2, -0.15) is 0 Å². The van der Waals surface area contributed by atoms with Crippen molar-refractivity contribution in [3.05, 3.63) is 23.4 Å². The molecular formula is C12H18N4O. The van der Waals surface area contributed by atoms with Crippen LogP contribution in [0.1, 0.15) is 28.9 Å². The number of anilines is 1. The lowest BCUT2D eigenvalue weighted by molar-refractivity contribution is 0.1000. The summed E-state index contributed by atoms with van der Waals surface area (Å²) in [7, 11) is 0. The predicted molar refractivity (Wildman–Crippen MR) is 66.7 cm³/mol. The molecule has 1 aliphatic rings. The third-order valence-corrected chi connectivity index (χ3v) is 2.98. The predicted octanol–water partition coefficient (Wildman–Crippen LogP) is 0.638. The molecule has 1 unspecified atom stereocenters. The lowest BCUT2D eigenvalue weighted by atomic mass is 10.2. The van der Waals surface area contributed by atoms with E-state index >= 15 is 0 Å². The van der Waals surface area contributed by atoms with Gasteiger partial charge in [-0.15, -0.1) is 0 Å². The highest BCUT2D eigenvalue weighted by Crippen LogP contribution is 2.31. The molecule has 1 aromatic rings. The molecular weight excluding hydrogens is 216 g/mol. The standard InChI is InChI=1S/C12H18N4O/c1-7-4-9(12(14)17)5-11(16-7)15-6-10(13)8-2-3-8/h4-5,8,10H,2-3,6,13H2,1H3,(H2,14,17)(H,15,16). The first-order valence-corrected chi connectivity index (χ1v) is 5.84. The Labute approximate surface area is 101 Å². The van der Waals surface area contributed by atoms with Gasteiger partial charge < -0.3 is 16.8 Å². The van der Waals surface area contributed by atoms with Gasteiger partial charge in [0.05, 0.1) is 0 Å². The average molecular weight is 234 g/mol. The third-order valence-electron chi connectivity index (χ3n) is 2.98. The van der Waals surface area contributed by atoms with Crippen LogP contribution in [0.15, 0.2) is 12.1 Å². The minimum atomic E-state index is -0.440. The lowest BCUT2D eigenvalue weighted by Gasteiger charge is -2.13. The molecule has 0 aliphatic heterocycles. The molecule has 1 aromatic heterocycles. The van der Waals surface area contributed by atoms with Gasteiger partial charge in [0, 0.05) is 23.8 Å². The van der Waals surface area contributed by atoms with Crippen LogP contribution in [-0.4, -0.2) is 23.5 Å². The molecule has 0 radical (unpaired) electrons. The quantitative estimate of drug-likeness (QED) is 0.696. The topological polar surface area (TPSA) is 94.0 Å². The molecule has 0 spiro atoms. The Morgan fingerprint density at radius 1 is 1.59 bits per heavy atom. The van der Waals surface area contributed by atoms with Crippen molar-refractivity contribution < 1.29 is 4.79 Å². The number of aryl methyl sites for hydroxylation is 1. The van der Waals surface area contributed by atoms with Crippen molar-refractivity contribution in [3.8, 4) is 0 Å². The Morgan fingerprint density at radius 2 is 2.29 bits per heavy atom. The van der Waals surface area contributed by atoms with E-state index in [1.54, 1.807) is 12.1 Å². The third kappa shape index (κ3) is 3.17. The van der Waals surface area contributed by atoms with Gasteiger partial charge in [0.2, 0.25) is 5.91 Å². The van der Waals surface area contributed by atoms with E-state index in [-0.39, 0.29) is 6.04 Å². The highest BCUT2D eigenvalue weighted by atomic mass is 16.1. The highest BCUT2D eigenvalue weighted by Gasteiger charge is 2.28. The summed E-state index contributed by atoms with van der Waals surface area (Å²) in [5.74, 6) is 0.864. The van der Waals surface area contributed by atoms with Crippen molar-refractivity contribution in [2.75, 3.05) is 11.9 Å². The molecule has 1 atom stereocenters. The fraction of sp³-hybridized carbons (Fsp3) is 0.500. The number of amides is 1. The van der Waals surface area contributed by atoms with E-state index in [4.69, 9.17) is 11.5 Å². The summed E-state index contributed by atoms with van der Waals surface area (Å²) in [6.07, 6.45) is 2.44. The summed E-state index contributed by atoms with van der Waals surface area (Å²) in [6.45, 7) is 2.51. The van der Waals surface area contributed by atoms with Crippen LogP contribution < -0.4 is 16.8 Å². The summed E-state index contributed by atoms with van der Waals surface area (Å²) < 4.78 is 0. The van der Waals surface area contributed by atoms with E-state index < -0.39 is 5.91 Å². The zero-order valence-electron chi connectivity index (χ0n) is 9.94. The van der Waals surface area contributed by atoms with Crippen LogP contribution in [0.3, 0.4) is 0 Å². The van der Waals surface area contributed by atoms with Crippen LogP contribution in [0.4, 0.5) is 5.82 Å². The van der Waals surface area contributed by atoms with Gasteiger partial charge in [0.15, 0.2) is 0 Å². The molecule has 1 aliphatic carbocycles. The molecule has 1 amide bonds. The van der Waals surface area contributed by atoms with Crippen molar-refractivity contribution in [1.29, 1.82) is 0 Å².